The number of nitrogens with one attached hydrogen (secondary N) is 1. The summed E-state index contributed by atoms with van der Waals surface area (Å²) in [4.78, 5) is 23.8. The first-order valence-electron chi connectivity index (χ1n) is 11.0. The zero-order valence-corrected chi connectivity index (χ0v) is 18.9. The van der Waals surface area contributed by atoms with Gasteiger partial charge in [0, 0.05) is 63.1 Å². The number of piperazine rings is 1. The molecule has 0 atom stereocenters. The van der Waals surface area contributed by atoms with Crippen molar-refractivity contribution < 1.29 is 9.53 Å². The maximum Gasteiger partial charge on any atom is 0.244 e. The van der Waals surface area contributed by atoms with E-state index in [2.05, 4.69) is 27.0 Å². The number of rotatable bonds is 6. The van der Waals surface area contributed by atoms with Gasteiger partial charge in [-0.2, -0.15) is 0 Å². The van der Waals surface area contributed by atoms with Crippen LogP contribution in [0.2, 0.25) is 5.02 Å². The van der Waals surface area contributed by atoms with E-state index in [-0.39, 0.29) is 12.5 Å². The minimum atomic E-state index is 0.0883. The molecule has 2 heterocycles. The highest BCUT2D eigenvalue weighted by Crippen LogP contribution is 2.19. The predicted octanol–water partition coefficient (Wildman–Crippen LogP) is 2.46. The van der Waals surface area contributed by atoms with E-state index in [0.29, 0.717) is 19.2 Å². The molecule has 2 fully saturated rings. The molecule has 0 aromatic heterocycles. The fourth-order valence-electron chi connectivity index (χ4n) is 4.00. The van der Waals surface area contributed by atoms with Crippen molar-refractivity contribution in [3.63, 3.8) is 0 Å². The molecular weight excluding hydrogens is 402 g/mol. The average Bonchev–Trinajstić information content (AvgIpc) is 2.78. The number of carbonyl (C=O) groups excluding carboxylic acids is 1. The van der Waals surface area contributed by atoms with Gasteiger partial charge in [0.2, 0.25) is 5.91 Å². The minimum Gasteiger partial charge on any atom is -0.378 e. The SMILES string of the molecule is CCNC(=NCC(=O)N1CCN(c2ccc(Cl)cc2)CC1)N1CCC(OCC)CC1. The third-order valence-electron chi connectivity index (χ3n) is 5.67. The highest BCUT2D eigenvalue weighted by molar-refractivity contribution is 6.30. The summed E-state index contributed by atoms with van der Waals surface area (Å²) in [6.07, 6.45) is 2.34. The topological polar surface area (TPSA) is 60.4 Å². The molecule has 3 rings (SSSR count). The second-order valence-corrected chi connectivity index (χ2v) is 8.09. The van der Waals surface area contributed by atoms with Crippen molar-refractivity contribution in [2.24, 2.45) is 4.99 Å². The van der Waals surface area contributed by atoms with E-state index >= 15 is 0 Å². The Balaban J connectivity index is 1.49. The number of anilines is 1. The summed E-state index contributed by atoms with van der Waals surface area (Å²) >= 11 is 5.98. The summed E-state index contributed by atoms with van der Waals surface area (Å²) in [7, 11) is 0. The molecule has 30 heavy (non-hydrogen) atoms. The van der Waals surface area contributed by atoms with Gasteiger partial charge in [0.05, 0.1) is 6.10 Å². The van der Waals surface area contributed by atoms with Crippen molar-refractivity contribution in [3.05, 3.63) is 29.3 Å². The molecule has 0 radical (unpaired) electrons. The summed E-state index contributed by atoms with van der Waals surface area (Å²) < 4.78 is 5.74. The quantitative estimate of drug-likeness (QED) is 0.549. The Hall–Kier alpha value is -1.99. The standard InChI is InChI=1S/C22H34ClN5O2/c1-3-24-22(28-11-9-20(10-12-28)30-4-2)25-17-21(29)27-15-13-26(14-16-27)19-7-5-18(23)6-8-19/h5-8,20H,3-4,9-17H2,1-2H3,(H,24,25). The molecule has 0 bridgehead atoms. The van der Waals surface area contributed by atoms with E-state index in [4.69, 9.17) is 16.3 Å². The van der Waals surface area contributed by atoms with Crippen molar-refractivity contribution in [2.45, 2.75) is 32.8 Å². The molecule has 2 aliphatic rings. The fourth-order valence-corrected chi connectivity index (χ4v) is 4.13. The Morgan fingerprint density at radius 1 is 1.07 bits per heavy atom. The number of hydrogen-bond donors (Lipinski definition) is 1. The van der Waals surface area contributed by atoms with Crippen LogP contribution in [-0.4, -0.2) is 86.7 Å². The Kier molecular flexibility index (Phi) is 8.63. The van der Waals surface area contributed by atoms with Gasteiger partial charge in [0.1, 0.15) is 6.54 Å². The number of carbonyl (C=O) groups is 1. The molecule has 0 unspecified atom stereocenters. The second-order valence-electron chi connectivity index (χ2n) is 7.66. The Morgan fingerprint density at radius 2 is 1.73 bits per heavy atom. The van der Waals surface area contributed by atoms with Gasteiger partial charge >= 0.3 is 0 Å². The molecule has 1 aromatic carbocycles. The zero-order valence-electron chi connectivity index (χ0n) is 18.1. The van der Waals surface area contributed by atoms with Crippen molar-refractivity contribution >= 4 is 29.2 Å². The van der Waals surface area contributed by atoms with Crippen molar-refractivity contribution in [3.8, 4) is 0 Å². The lowest BCUT2D eigenvalue weighted by Gasteiger charge is -2.36. The van der Waals surface area contributed by atoms with E-state index < -0.39 is 0 Å². The number of amides is 1. The minimum absolute atomic E-state index is 0.0883. The average molecular weight is 436 g/mol. The van der Waals surface area contributed by atoms with Crippen LogP contribution in [0.25, 0.3) is 0 Å². The first-order chi connectivity index (χ1) is 14.6. The second kappa shape index (κ2) is 11.4. The molecule has 1 amide bonds. The highest BCUT2D eigenvalue weighted by Gasteiger charge is 2.23. The number of guanidine groups is 1. The van der Waals surface area contributed by atoms with Crippen LogP contribution in [0.1, 0.15) is 26.7 Å². The van der Waals surface area contributed by atoms with Crippen LogP contribution in [0.15, 0.2) is 29.3 Å². The lowest BCUT2D eigenvalue weighted by atomic mass is 10.1. The Morgan fingerprint density at radius 3 is 2.33 bits per heavy atom. The summed E-state index contributed by atoms with van der Waals surface area (Å²) in [5.74, 6) is 0.922. The van der Waals surface area contributed by atoms with Gasteiger partial charge in [0.15, 0.2) is 5.96 Å². The third kappa shape index (κ3) is 6.25. The van der Waals surface area contributed by atoms with Crippen LogP contribution in [-0.2, 0) is 9.53 Å². The highest BCUT2D eigenvalue weighted by atomic mass is 35.5. The summed E-state index contributed by atoms with van der Waals surface area (Å²) in [6.45, 7) is 10.7. The maximum absolute atomic E-state index is 12.7. The van der Waals surface area contributed by atoms with Gasteiger partial charge in [-0.15, -0.1) is 0 Å². The number of hydrogen-bond acceptors (Lipinski definition) is 4. The van der Waals surface area contributed by atoms with Crippen LogP contribution < -0.4 is 10.2 Å². The summed E-state index contributed by atoms with van der Waals surface area (Å²) in [6, 6.07) is 7.87. The molecule has 2 saturated heterocycles. The van der Waals surface area contributed by atoms with Gasteiger partial charge < -0.3 is 24.8 Å². The van der Waals surface area contributed by atoms with Crippen molar-refractivity contribution in [1.29, 1.82) is 0 Å². The normalized spacial score (nSPS) is 18.6. The lowest BCUT2D eigenvalue weighted by Crippen LogP contribution is -2.50. The van der Waals surface area contributed by atoms with Gasteiger partial charge in [0.25, 0.3) is 0 Å². The lowest BCUT2D eigenvalue weighted by molar-refractivity contribution is -0.129. The Bertz CT molecular complexity index is 696. The molecule has 2 aliphatic heterocycles. The Labute approximate surface area is 185 Å². The summed E-state index contributed by atoms with van der Waals surface area (Å²) in [5.41, 5.74) is 1.15. The molecule has 1 N–H and O–H groups in total. The number of piperidine rings is 1. The van der Waals surface area contributed by atoms with Gasteiger partial charge in [-0.3, -0.25) is 4.79 Å². The third-order valence-corrected chi connectivity index (χ3v) is 5.92. The molecule has 0 aliphatic carbocycles. The van der Waals surface area contributed by atoms with E-state index in [1.807, 2.05) is 36.1 Å². The van der Waals surface area contributed by atoms with E-state index in [1.165, 1.54) is 0 Å². The first-order valence-corrected chi connectivity index (χ1v) is 11.4. The number of ether oxygens (including phenoxy) is 1. The molecule has 8 heteroatoms. The smallest absolute Gasteiger partial charge is 0.244 e. The number of halogens is 1. The van der Waals surface area contributed by atoms with Gasteiger partial charge in [-0.25, -0.2) is 4.99 Å². The molecular formula is C22H34ClN5O2. The van der Waals surface area contributed by atoms with Gasteiger partial charge in [-0.1, -0.05) is 11.6 Å². The van der Waals surface area contributed by atoms with Crippen molar-refractivity contribution in [1.82, 2.24) is 15.1 Å². The van der Waals surface area contributed by atoms with Crippen LogP contribution in [0.5, 0.6) is 0 Å². The largest absolute Gasteiger partial charge is 0.378 e. The van der Waals surface area contributed by atoms with E-state index in [1.54, 1.807) is 0 Å². The monoisotopic (exact) mass is 435 g/mol. The number of benzene rings is 1. The van der Waals surface area contributed by atoms with Crippen LogP contribution in [0.3, 0.4) is 0 Å². The number of aliphatic imine (C=N–C) groups is 1. The van der Waals surface area contributed by atoms with Crippen molar-refractivity contribution in [2.75, 3.05) is 63.9 Å². The van der Waals surface area contributed by atoms with Gasteiger partial charge in [-0.05, 0) is 51.0 Å². The maximum atomic E-state index is 12.7. The molecule has 0 spiro atoms. The number of nitrogens with zero attached hydrogens (tertiary/aromatic N) is 4. The molecule has 1 aromatic rings. The zero-order chi connectivity index (χ0) is 21.3. The molecule has 0 saturated carbocycles. The first kappa shape index (κ1) is 22.7. The predicted molar refractivity (Wildman–Crippen MR) is 122 cm³/mol. The molecule has 7 nitrogen and oxygen atoms in total. The fraction of sp³-hybridized carbons (Fsp3) is 0.636. The van der Waals surface area contributed by atoms with Crippen LogP contribution >= 0.6 is 11.6 Å². The van der Waals surface area contributed by atoms with E-state index in [0.717, 1.165) is 68.8 Å². The summed E-state index contributed by atoms with van der Waals surface area (Å²) in [5, 5.41) is 4.08. The van der Waals surface area contributed by atoms with Crippen LogP contribution in [0.4, 0.5) is 5.69 Å². The van der Waals surface area contributed by atoms with Crippen LogP contribution in [0, 0.1) is 0 Å². The number of likely N-dealkylation sites (tertiary alicyclic amines) is 1. The molecule has 166 valence electrons. The van der Waals surface area contributed by atoms with E-state index in [9.17, 15) is 4.79 Å².